The molecular weight excluding hydrogens is 250 g/mol. The number of hydrogen-bond acceptors (Lipinski definition) is 3. The van der Waals surface area contributed by atoms with E-state index in [1.54, 1.807) is 12.4 Å². The minimum atomic E-state index is -0.533. The van der Waals surface area contributed by atoms with E-state index in [2.05, 4.69) is 10.3 Å². The third kappa shape index (κ3) is 3.90. The van der Waals surface area contributed by atoms with E-state index in [0.29, 0.717) is 13.0 Å². The van der Waals surface area contributed by atoms with E-state index in [1.165, 1.54) is 0 Å². The van der Waals surface area contributed by atoms with Crippen LogP contribution >= 0.6 is 0 Å². The van der Waals surface area contributed by atoms with Gasteiger partial charge in [-0.3, -0.25) is 9.78 Å². The number of benzene rings is 1. The summed E-state index contributed by atoms with van der Waals surface area (Å²) in [7, 11) is 0. The standard InChI is InChI=1S/C16H19N3O/c1-12-7-8-18-10-14(12)11-19-16(20)15(17)9-13-5-3-2-4-6-13/h2-8,10,15H,9,11,17H2,1H3,(H,19,20). The summed E-state index contributed by atoms with van der Waals surface area (Å²) >= 11 is 0. The number of nitrogens with zero attached hydrogens (tertiary/aromatic N) is 1. The van der Waals surface area contributed by atoms with Crippen LogP contribution in [-0.2, 0) is 17.8 Å². The van der Waals surface area contributed by atoms with E-state index in [0.717, 1.165) is 16.7 Å². The second-order valence-electron chi connectivity index (χ2n) is 4.82. The van der Waals surface area contributed by atoms with Gasteiger partial charge in [0.1, 0.15) is 0 Å². The molecule has 1 heterocycles. The molecule has 1 amide bonds. The van der Waals surface area contributed by atoms with Crippen LogP contribution in [0.15, 0.2) is 48.8 Å². The highest BCUT2D eigenvalue weighted by Gasteiger charge is 2.13. The average molecular weight is 269 g/mol. The Morgan fingerprint density at radius 3 is 2.75 bits per heavy atom. The van der Waals surface area contributed by atoms with Gasteiger partial charge in [0.25, 0.3) is 0 Å². The lowest BCUT2D eigenvalue weighted by Crippen LogP contribution is -2.41. The number of nitrogens with two attached hydrogens (primary N) is 1. The molecule has 0 spiro atoms. The maximum absolute atomic E-state index is 12.0. The van der Waals surface area contributed by atoms with Crippen molar-refractivity contribution in [3.63, 3.8) is 0 Å². The lowest BCUT2D eigenvalue weighted by Gasteiger charge is -2.13. The normalized spacial score (nSPS) is 11.9. The second-order valence-corrected chi connectivity index (χ2v) is 4.82. The summed E-state index contributed by atoms with van der Waals surface area (Å²) in [5, 5.41) is 2.86. The Morgan fingerprint density at radius 2 is 2.05 bits per heavy atom. The highest BCUT2D eigenvalue weighted by molar-refractivity contribution is 5.81. The number of carbonyl (C=O) groups excluding carboxylic acids is 1. The number of nitrogens with one attached hydrogen (secondary N) is 1. The van der Waals surface area contributed by atoms with Crippen molar-refractivity contribution >= 4 is 5.91 Å². The van der Waals surface area contributed by atoms with Crippen molar-refractivity contribution in [3.05, 3.63) is 65.5 Å². The first-order valence-corrected chi connectivity index (χ1v) is 6.63. The van der Waals surface area contributed by atoms with Crippen LogP contribution in [-0.4, -0.2) is 16.9 Å². The van der Waals surface area contributed by atoms with Crippen LogP contribution in [0.1, 0.15) is 16.7 Å². The minimum Gasteiger partial charge on any atom is -0.351 e. The molecule has 1 aromatic heterocycles. The molecule has 0 aliphatic heterocycles. The Kier molecular flexibility index (Phi) is 4.85. The van der Waals surface area contributed by atoms with Crippen molar-refractivity contribution in [2.24, 2.45) is 5.73 Å². The van der Waals surface area contributed by atoms with Crippen molar-refractivity contribution < 1.29 is 4.79 Å². The maximum Gasteiger partial charge on any atom is 0.237 e. The van der Waals surface area contributed by atoms with Crippen LogP contribution < -0.4 is 11.1 Å². The van der Waals surface area contributed by atoms with Gasteiger partial charge in [-0.05, 0) is 36.1 Å². The Labute approximate surface area is 119 Å². The highest BCUT2D eigenvalue weighted by atomic mass is 16.2. The molecule has 2 aromatic rings. The number of pyridine rings is 1. The second kappa shape index (κ2) is 6.82. The molecule has 0 fully saturated rings. The van der Waals surface area contributed by atoms with Crippen molar-refractivity contribution in [2.75, 3.05) is 0 Å². The summed E-state index contributed by atoms with van der Waals surface area (Å²) in [6, 6.07) is 11.2. The highest BCUT2D eigenvalue weighted by Crippen LogP contribution is 2.05. The van der Waals surface area contributed by atoms with Gasteiger partial charge in [0.05, 0.1) is 6.04 Å². The molecule has 0 aliphatic rings. The monoisotopic (exact) mass is 269 g/mol. The molecule has 4 nitrogen and oxygen atoms in total. The van der Waals surface area contributed by atoms with Crippen LogP contribution in [0.3, 0.4) is 0 Å². The lowest BCUT2D eigenvalue weighted by molar-refractivity contribution is -0.122. The summed E-state index contributed by atoms with van der Waals surface area (Å²) in [6.45, 7) is 2.45. The fourth-order valence-corrected chi connectivity index (χ4v) is 1.96. The predicted octanol–water partition coefficient (Wildman–Crippen LogP) is 1.58. The minimum absolute atomic E-state index is 0.142. The van der Waals surface area contributed by atoms with Gasteiger partial charge in [-0.25, -0.2) is 0 Å². The van der Waals surface area contributed by atoms with Crippen molar-refractivity contribution in [1.82, 2.24) is 10.3 Å². The number of amides is 1. The van der Waals surface area contributed by atoms with E-state index < -0.39 is 6.04 Å². The fraction of sp³-hybridized carbons (Fsp3) is 0.250. The number of rotatable bonds is 5. The summed E-state index contributed by atoms with van der Waals surface area (Å²) in [5.41, 5.74) is 9.10. The number of aromatic nitrogens is 1. The van der Waals surface area contributed by atoms with Gasteiger partial charge in [0, 0.05) is 18.9 Å². The van der Waals surface area contributed by atoms with Crippen LogP contribution in [0.4, 0.5) is 0 Å². The van der Waals surface area contributed by atoms with Gasteiger partial charge in [-0.2, -0.15) is 0 Å². The molecule has 0 radical (unpaired) electrons. The summed E-state index contributed by atoms with van der Waals surface area (Å²) in [6.07, 6.45) is 4.04. The van der Waals surface area contributed by atoms with E-state index in [1.807, 2.05) is 43.3 Å². The molecule has 0 bridgehead atoms. The first kappa shape index (κ1) is 14.2. The molecule has 20 heavy (non-hydrogen) atoms. The quantitative estimate of drug-likeness (QED) is 0.866. The predicted molar refractivity (Wildman–Crippen MR) is 78.9 cm³/mol. The van der Waals surface area contributed by atoms with Gasteiger partial charge in [-0.15, -0.1) is 0 Å². The van der Waals surface area contributed by atoms with Gasteiger partial charge in [0.15, 0.2) is 0 Å². The number of carbonyl (C=O) groups is 1. The van der Waals surface area contributed by atoms with Crippen LogP contribution in [0.5, 0.6) is 0 Å². The van der Waals surface area contributed by atoms with E-state index in [4.69, 9.17) is 5.73 Å². The van der Waals surface area contributed by atoms with Gasteiger partial charge in [0.2, 0.25) is 5.91 Å². The van der Waals surface area contributed by atoms with Gasteiger partial charge >= 0.3 is 0 Å². The summed E-state index contributed by atoms with van der Waals surface area (Å²) < 4.78 is 0. The molecule has 0 saturated carbocycles. The molecule has 0 aliphatic carbocycles. The third-order valence-corrected chi connectivity index (χ3v) is 3.24. The first-order chi connectivity index (χ1) is 9.66. The molecule has 3 N–H and O–H groups in total. The average Bonchev–Trinajstić information content (AvgIpc) is 2.47. The Balaban J connectivity index is 1.87. The van der Waals surface area contributed by atoms with Crippen LogP contribution in [0.25, 0.3) is 0 Å². The molecule has 0 saturated heterocycles. The molecular formula is C16H19N3O. The van der Waals surface area contributed by atoms with E-state index >= 15 is 0 Å². The van der Waals surface area contributed by atoms with Crippen molar-refractivity contribution in [1.29, 1.82) is 0 Å². The number of hydrogen-bond donors (Lipinski definition) is 2. The maximum atomic E-state index is 12.0. The summed E-state index contributed by atoms with van der Waals surface area (Å²) in [4.78, 5) is 16.0. The zero-order valence-corrected chi connectivity index (χ0v) is 11.5. The summed E-state index contributed by atoms with van der Waals surface area (Å²) in [5.74, 6) is -0.142. The van der Waals surface area contributed by atoms with Crippen LogP contribution in [0.2, 0.25) is 0 Å². The first-order valence-electron chi connectivity index (χ1n) is 6.63. The smallest absolute Gasteiger partial charge is 0.237 e. The Bertz CT molecular complexity index is 569. The molecule has 2 rings (SSSR count). The SMILES string of the molecule is Cc1ccncc1CNC(=O)C(N)Cc1ccccc1. The molecule has 104 valence electrons. The van der Waals surface area contributed by atoms with Crippen molar-refractivity contribution in [2.45, 2.75) is 25.9 Å². The molecule has 1 atom stereocenters. The molecule has 1 aromatic carbocycles. The molecule has 4 heteroatoms. The largest absolute Gasteiger partial charge is 0.351 e. The lowest BCUT2D eigenvalue weighted by atomic mass is 10.1. The van der Waals surface area contributed by atoms with Crippen LogP contribution in [0, 0.1) is 6.92 Å². The Morgan fingerprint density at radius 1 is 1.30 bits per heavy atom. The fourth-order valence-electron chi connectivity index (χ4n) is 1.96. The zero-order chi connectivity index (χ0) is 14.4. The zero-order valence-electron chi connectivity index (χ0n) is 11.5. The van der Waals surface area contributed by atoms with Gasteiger partial charge in [-0.1, -0.05) is 30.3 Å². The third-order valence-electron chi connectivity index (χ3n) is 3.24. The Hall–Kier alpha value is -2.20. The number of aryl methyl sites for hydroxylation is 1. The molecule has 1 unspecified atom stereocenters. The van der Waals surface area contributed by atoms with Crippen molar-refractivity contribution in [3.8, 4) is 0 Å². The van der Waals surface area contributed by atoms with E-state index in [-0.39, 0.29) is 5.91 Å². The topological polar surface area (TPSA) is 68.0 Å². The van der Waals surface area contributed by atoms with Gasteiger partial charge < -0.3 is 11.1 Å². The van der Waals surface area contributed by atoms with E-state index in [9.17, 15) is 4.79 Å².